The summed E-state index contributed by atoms with van der Waals surface area (Å²) in [5.74, 6) is 0. The SMILES string of the molecule is Cc1ccc(C#N)cc1NC(C)c1ccc(Br)cc1. The minimum absolute atomic E-state index is 0.195. The molecule has 1 atom stereocenters. The van der Waals surface area contributed by atoms with E-state index in [1.54, 1.807) is 0 Å². The van der Waals surface area contributed by atoms with E-state index in [1.807, 2.05) is 37.3 Å². The van der Waals surface area contributed by atoms with Gasteiger partial charge in [0.1, 0.15) is 0 Å². The maximum absolute atomic E-state index is 8.95. The van der Waals surface area contributed by atoms with Gasteiger partial charge >= 0.3 is 0 Å². The Hall–Kier alpha value is -1.79. The number of aryl methyl sites for hydroxylation is 1. The second-order valence-electron chi connectivity index (χ2n) is 4.56. The Morgan fingerprint density at radius 2 is 1.84 bits per heavy atom. The van der Waals surface area contributed by atoms with E-state index >= 15 is 0 Å². The van der Waals surface area contributed by atoms with Crippen molar-refractivity contribution in [3.8, 4) is 6.07 Å². The van der Waals surface area contributed by atoms with E-state index in [9.17, 15) is 0 Å². The Balaban J connectivity index is 2.21. The second kappa shape index (κ2) is 5.90. The van der Waals surface area contributed by atoms with Crippen LogP contribution in [0.5, 0.6) is 0 Å². The smallest absolute Gasteiger partial charge is 0.0992 e. The van der Waals surface area contributed by atoms with Crippen LogP contribution in [0.3, 0.4) is 0 Å². The second-order valence-corrected chi connectivity index (χ2v) is 5.47. The minimum Gasteiger partial charge on any atom is -0.378 e. The predicted octanol–water partition coefficient (Wildman–Crippen LogP) is 4.80. The maximum atomic E-state index is 8.95. The van der Waals surface area contributed by atoms with Gasteiger partial charge in [0, 0.05) is 16.2 Å². The van der Waals surface area contributed by atoms with Gasteiger partial charge in [-0.1, -0.05) is 34.1 Å². The summed E-state index contributed by atoms with van der Waals surface area (Å²) in [6.45, 7) is 4.15. The Kier molecular flexibility index (Phi) is 4.24. The van der Waals surface area contributed by atoms with E-state index < -0.39 is 0 Å². The van der Waals surface area contributed by atoms with Crippen molar-refractivity contribution in [1.29, 1.82) is 5.26 Å². The van der Waals surface area contributed by atoms with Crippen LogP contribution in [0.15, 0.2) is 46.9 Å². The maximum Gasteiger partial charge on any atom is 0.0992 e. The fourth-order valence-electron chi connectivity index (χ4n) is 1.92. The van der Waals surface area contributed by atoms with Gasteiger partial charge in [0.15, 0.2) is 0 Å². The molecule has 0 aromatic heterocycles. The number of hydrogen-bond acceptors (Lipinski definition) is 2. The molecule has 0 saturated carbocycles. The molecular formula is C16H15BrN2. The Morgan fingerprint density at radius 3 is 2.47 bits per heavy atom. The van der Waals surface area contributed by atoms with Crippen molar-refractivity contribution in [3.63, 3.8) is 0 Å². The van der Waals surface area contributed by atoms with Crippen LogP contribution in [-0.2, 0) is 0 Å². The molecule has 0 bridgehead atoms. The average Bonchev–Trinajstić information content (AvgIpc) is 2.42. The van der Waals surface area contributed by atoms with Crippen molar-refractivity contribution in [2.24, 2.45) is 0 Å². The molecule has 0 fully saturated rings. The van der Waals surface area contributed by atoms with E-state index in [4.69, 9.17) is 5.26 Å². The number of nitriles is 1. The number of nitrogens with one attached hydrogen (secondary N) is 1. The molecule has 0 radical (unpaired) electrons. The quantitative estimate of drug-likeness (QED) is 0.883. The summed E-state index contributed by atoms with van der Waals surface area (Å²) in [5.41, 5.74) is 4.04. The fourth-order valence-corrected chi connectivity index (χ4v) is 2.18. The summed E-state index contributed by atoms with van der Waals surface area (Å²) in [6.07, 6.45) is 0. The zero-order chi connectivity index (χ0) is 13.8. The van der Waals surface area contributed by atoms with E-state index in [0.717, 1.165) is 15.7 Å². The van der Waals surface area contributed by atoms with Crippen LogP contribution in [0.4, 0.5) is 5.69 Å². The highest BCUT2D eigenvalue weighted by atomic mass is 79.9. The first-order chi connectivity index (χ1) is 9.10. The molecule has 1 N–H and O–H groups in total. The van der Waals surface area contributed by atoms with Crippen LogP contribution in [-0.4, -0.2) is 0 Å². The summed E-state index contributed by atoms with van der Waals surface area (Å²) in [4.78, 5) is 0. The zero-order valence-corrected chi connectivity index (χ0v) is 12.5. The summed E-state index contributed by atoms with van der Waals surface area (Å²) in [7, 11) is 0. The molecule has 0 saturated heterocycles. The summed E-state index contributed by atoms with van der Waals surface area (Å²) < 4.78 is 1.08. The first-order valence-corrected chi connectivity index (χ1v) is 6.92. The van der Waals surface area contributed by atoms with Gasteiger partial charge in [-0.25, -0.2) is 0 Å². The molecule has 0 aliphatic rings. The van der Waals surface area contributed by atoms with Crippen LogP contribution < -0.4 is 5.32 Å². The van der Waals surface area contributed by atoms with Crippen LogP contribution in [0, 0.1) is 18.3 Å². The lowest BCUT2D eigenvalue weighted by molar-refractivity contribution is 0.882. The lowest BCUT2D eigenvalue weighted by atomic mass is 10.1. The fraction of sp³-hybridized carbons (Fsp3) is 0.188. The lowest BCUT2D eigenvalue weighted by Gasteiger charge is -2.17. The number of halogens is 1. The first kappa shape index (κ1) is 13.6. The van der Waals surface area contributed by atoms with Crippen molar-refractivity contribution in [2.45, 2.75) is 19.9 Å². The van der Waals surface area contributed by atoms with Gasteiger partial charge in [-0.3, -0.25) is 0 Å². The molecule has 96 valence electrons. The van der Waals surface area contributed by atoms with Crippen LogP contribution >= 0.6 is 15.9 Å². The molecule has 2 aromatic carbocycles. The van der Waals surface area contributed by atoms with Crippen LogP contribution in [0.2, 0.25) is 0 Å². The molecule has 2 rings (SSSR count). The van der Waals surface area contributed by atoms with Gasteiger partial charge in [0.05, 0.1) is 11.6 Å². The topological polar surface area (TPSA) is 35.8 Å². The normalized spacial score (nSPS) is 11.7. The largest absolute Gasteiger partial charge is 0.378 e. The molecule has 0 heterocycles. The van der Waals surface area contributed by atoms with Gasteiger partial charge in [0.2, 0.25) is 0 Å². The minimum atomic E-state index is 0.195. The van der Waals surface area contributed by atoms with Gasteiger partial charge < -0.3 is 5.32 Å². The van der Waals surface area contributed by atoms with Gasteiger partial charge in [0.25, 0.3) is 0 Å². The van der Waals surface area contributed by atoms with Crippen molar-refractivity contribution in [3.05, 3.63) is 63.6 Å². The van der Waals surface area contributed by atoms with Crippen molar-refractivity contribution in [1.82, 2.24) is 0 Å². The van der Waals surface area contributed by atoms with Gasteiger partial charge in [-0.05, 0) is 49.2 Å². The third kappa shape index (κ3) is 3.36. The Bertz CT molecular complexity index is 612. The van der Waals surface area contributed by atoms with Crippen molar-refractivity contribution >= 4 is 21.6 Å². The number of anilines is 1. The molecule has 19 heavy (non-hydrogen) atoms. The van der Waals surface area contributed by atoms with Crippen LogP contribution in [0.25, 0.3) is 0 Å². The standard InChI is InChI=1S/C16H15BrN2/c1-11-3-4-13(10-18)9-16(11)19-12(2)14-5-7-15(17)8-6-14/h3-9,12,19H,1-2H3. The van der Waals surface area contributed by atoms with Crippen molar-refractivity contribution < 1.29 is 0 Å². The highest BCUT2D eigenvalue weighted by Crippen LogP contribution is 2.24. The third-order valence-corrected chi connectivity index (χ3v) is 3.64. The molecule has 0 aliphatic carbocycles. The zero-order valence-electron chi connectivity index (χ0n) is 10.9. The predicted molar refractivity (Wildman–Crippen MR) is 82.1 cm³/mol. The van der Waals surface area contributed by atoms with E-state index in [1.165, 1.54) is 5.56 Å². The summed E-state index contributed by atoms with van der Waals surface area (Å²) in [5, 5.41) is 12.4. The summed E-state index contributed by atoms with van der Waals surface area (Å²) >= 11 is 3.44. The Morgan fingerprint density at radius 1 is 1.16 bits per heavy atom. The van der Waals surface area contributed by atoms with Gasteiger partial charge in [-0.2, -0.15) is 5.26 Å². The van der Waals surface area contributed by atoms with E-state index in [-0.39, 0.29) is 6.04 Å². The van der Waals surface area contributed by atoms with E-state index in [2.05, 4.69) is 46.4 Å². The van der Waals surface area contributed by atoms with E-state index in [0.29, 0.717) is 5.56 Å². The highest BCUT2D eigenvalue weighted by Gasteiger charge is 2.07. The molecular weight excluding hydrogens is 300 g/mol. The molecule has 0 amide bonds. The monoisotopic (exact) mass is 314 g/mol. The third-order valence-electron chi connectivity index (χ3n) is 3.11. The molecule has 1 unspecified atom stereocenters. The molecule has 3 heteroatoms. The number of nitrogens with zero attached hydrogens (tertiary/aromatic N) is 1. The summed E-state index contributed by atoms with van der Waals surface area (Å²) in [6, 6.07) is 16.3. The molecule has 2 aromatic rings. The van der Waals surface area contributed by atoms with Gasteiger partial charge in [-0.15, -0.1) is 0 Å². The lowest BCUT2D eigenvalue weighted by Crippen LogP contribution is -2.07. The number of benzene rings is 2. The average molecular weight is 315 g/mol. The van der Waals surface area contributed by atoms with Crippen molar-refractivity contribution in [2.75, 3.05) is 5.32 Å². The number of hydrogen-bond donors (Lipinski definition) is 1. The Labute approximate surface area is 122 Å². The number of rotatable bonds is 3. The molecule has 2 nitrogen and oxygen atoms in total. The molecule has 0 aliphatic heterocycles. The highest BCUT2D eigenvalue weighted by molar-refractivity contribution is 9.10. The first-order valence-electron chi connectivity index (χ1n) is 6.13. The molecule has 0 spiro atoms. The van der Waals surface area contributed by atoms with Crippen LogP contribution in [0.1, 0.15) is 29.7 Å².